The fraction of sp³-hybridized carbons (Fsp3) is 0.600. The molecule has 1 fully saturated rings. The molecule has 6 heteroatoms. The molecule has 0 aliphatic carbocycles. The van der Waals surface area contributed by atoms with Crippen molar-refractivity contribution >= 4 is 12.6 Å². The second-order valence-corrected chi connectivity index (χ2v) is 6.18. The van der Waals surface area contributed by atoms with Crippen molar-refractivity contribution in [2.24, 2.45) is 0 Å². The normalized spacial score (nSPS) is 21.4. The Morgan fingerprint density at radius 1 is 1.10 bits per heavy atom. The summed E-state index contributed by atoms with van der Waals surface area (Å²) in [6, 6.07) is 5.31. The van der Waals surface area contributed by atoms with E-state index in [4.69, 9.17) is 18.8 Å². The average molecular weight is 294 g/mol. The molecule has 0 saturated carbocycles. The minimum absolute atomic E-state index is 0.432. The molecule has 1 unspecified atom stereocenters. The first kappa shape index (κ1) is 16.3. The molecule has 1 aliphatic rings. The third-order valence-electron chi connectivity index (χ3n) is 4.27. The number of aliphatic hydroxyl groups excluding tert-OH is 1. The zero-order chi connectivity index (χ0) is 15.8. The van der Waals surface area contributed by atoms with E-state index in [2.05, 4.69) is 0 Å². The number of hydrogen-bond donors (Lipinski definition) is 1. The van der Waals surface area contributed by atoms with Gasteiger partial charge in [-0.1, -0.05) is 12.1 Å². The Morgan fingerprint density at radius 2 is 1.67 bits per heavy atom. The maximum absolute atomic E-state index is 9.82. The van der Waals surface area contributed by atoms with Crippen LogP contribution in [-0.4, -0.2) is 37.6 Å². The lowest BCUT2D eigenvalue weighted by Crippen LogP contribution is -2.41. The summed E-state index contributed by atoms with van der Waals surface area (Å²) in [5.74, 6) is 0.653. The van der Waals surface area contributed by atoms with Crippen LogP contribution in [0.4, 0.5) is 0 Å². The van der Waals surface area contributed by atoms with Crippen molar-refractivity contribution in [2.45, 2.75) is 45.2 Å². The Kier molecular flexibility index (Phi) is 4.35. The molecule has 116 valence electrons. The largest absolute Gasteiger partial charge is 0.498 e. The summed E-state index contributed by atoms with van der Waals surface area (Å²) >= 11 is 0. The van der Waals surface area contributed by atoms with Gasteiger partial charge in [-0.25, -0.2) is 0 Å². The molecule has 1 saturated heterocycles. The fourth-order valence-electron chi connectivity index (χ4n) is 2.20. The maximum Gasteiger partial charge on any atom is 0.498 e. The average Bonchev–Trinajstić information content (AvgIpc) is 2.65. The molecule has 0 aromatic heterocycles. The van der Waals surface area contributed by atoms with E-state index in [1.54, 1.807) is 25.3 Å². The highest BCUT2D eigenvalue weighted by Crippen LogP contribution is 2.37. The van der Waals surface area contributed by atoms with E-state index < -0.39 is 24.6 Å². The van der Waals surface area contributed by atoms with E-state index in [0.717, 1.165) is 5.46 Å². The first-order valence-electron chi connectivity index (χ1n) is 6.96. The number of methoxy groups -OCH3 is 2. The minimum atomic E-state index is -0.989. The van der Waals surface area contributed by atoms with Gasteiger partial charge in [0.25, 0.3) is 0 Å². The van der Waals surface area contributed by atoms with Crippen molar-refractivity contribution in [3.05, 3.63) is 23.8 Å². The molecule has 1 N–H and O–H groups in total. The highest BCUT2D eigenvalue weighted by molar-refractivity contribution is 6.63. The zero-order valence-electron chi connectivity index (χ0n) is 13.5. The lowest BCUT2D eigenvalue weighted by atomic mass is 9.77. The van der Waals surface area contributed by atoms with Crippen molar-refractivity contribution in [3.8, 4) is 5.75 Å². The summed E-state index contributed by atoms with van der Waals surface area (Å²) in [5.41, 5.74) is 0.504. The van der Waals surface area contributed by atoms with Gasteiger partial charge < -0.3 is 23.9 Å². The van der Waals surface area contributed by atoms with Gasteiger partial charge >= 0.3 is 7.12 Å². The molecule has 1 heterocycles. The van der Waals surface area contributed by atoms with Gasteiger partial charge in [0, 0.05) is 18.1 Å². The predicted octanol–water partition coefficient (Wildman–Crippen LogP) is 1.63. The van der Waals surface area contributed by atoms with Crippen LogP contribution >= 0.6 is 0 Å². The van der Waals surface area contributed by atoms with Gasteiger partial charge in [0.05, 0.1) is 18.3 Å². The number of hydrogen-bond acceptors (Lipinski definition) is 5. The van der Waals surface area contributed by atoms with Crippen LogP contribution in [0.1, 0.15) is 39.5 Å². The summed E-state index contributed by atoms with van der Waals surface area (Å²) in [7, 11) is 2.49. The molecule has 5 nitrogen and oxygen atoms in total. The van der Waals surface area contributed by atoms with E-state index in [1.165, 1.54) is 7.11 Å². The molecule has 21 heavy (non-hydrogen) atoms. The van der Waals surface area contributed by atoms with Gasteiger partial charge in [0.1, 0.15) is 5.75 Å². The maximum atomic E-state index is 9.82. The lowest BCUT2D eigenvalue weighted by Gasteiger charge is -2.32. The van der Waals surface area contributed by atoms with Crippen LogP contribution in [0.15, 0.2) is 18.2 Å². The molecule has 0 amide bonds. The number of rotatable bonds is 4. The van der Waals surface area contributed by atoms with Crippen molar-refractivity contribution in [1.29, 1.82) is 0 Å². The van der Waals surface area contributed by atoms with Crippen molar-refractivity contribution in [3.63, 3.8) is 0 Å². The van der Waals surface area contributed by atoms with Crippen LogP contribution in [0.3, 0.4) is 0 Å². The fourth-order valence-corrected chi connectivity index (χ4v) is 2.20. The molecule has 1 aromatic carbocycles. The zero-order valence-corrected chi connectivity index (χ0v) is 13.5. The van der Waals surface area contributed by atoms with Crippen molar-refractivity contribution in [1.82, 2.24) is 0 Å². The van der Waals surface area contributed by atoms with Gasteiger partial charge in [0.15, 0.2) is 6.29 Å². The molecular weight excluding hydrogens is 271 g/mol. The third kappa shape index (κ3) is 2.94. The summed E-state index contributed by atoms with van der Waals surface area (Å²) in [6.45, 7) is 7.97. The number of benzene rings is 1. The summed E-state index contributed by atoms with van der Waals surface area (Å²) in [5, 5.41) is 9.82. The smallest absolute Gasteiger partial charge is 0.497 e. The quantitative estimate of drug-likeness (QED) is 0.675. The molecule has 2 rings (SSSR count). The van der Waals surface area contributed by atoms with E-state index in [1.807, 2.05) is 27.7 Å². The molecule has 1 aromatic rings. The molecule has 0 radical (unpaired) electrons. The Morgan fingerprint density at radius 3 is 2.14 bits per heavy atom. The van der Waals surface area contributed by atoms with Crippen molar-refractivity contribution in [2.75, 3.05) is 14.2 Å². The van der Waals surface area contributed by atoms with Crippen LogP contribution in [0.25, 0.3) is 0 Å². The van der Waals surface area contributed by atoms with Gasteiger partial charge in [0.2, 0.25) is 0 Å². The van der Waals surface area contributed by atoms with Crippen LogP contribution in [-0.2, 0) is 14.0 Å². The van der Waals surface area contributed by atoms with Gasteiger partial charge in [-0.05, 0) is 33.8 Å². The van der Waals surface area contributed by atoms with Crippen LogP contribution in [0, 0.1) is 0 Å². The van der Waals surface area contributed by atoms with Gasteiger partial charge in [-0.2, -0.15) is 0 Å². The van der Waals surface area contributed by atoms with E-state index in [-0.39, 0.29) is 0 Å². The number of ether oxygens (including phenoxy) is 2. The Balaban J connectivity index is 2.39. The Labute approximate surface area is 126 Å². The van der Waals surface area contributed by atoms with Crippen LogP contribution in [0.2, 0.25) is 0 Å². The SMILES string of the molecule is COc1ccc(C(O)OC)cc1B1OC(C)(C)C(C)(C)O1. The van der Waals surface area contributed by atoms with Gasteiger partial charge in [-0.3, -0.25) is 0 Å². The Bertz CT molecular complexity index is 499. The molecule has 0 bridgehead atoms. The molecule has 1 atom stereocenters. The molecule has 1 aliphatic heterocycles. The monoisotopic (exact) mass is 294 g/mol. The summed E-state index contributed by atoms with van der Waals surface area (Å²) < 4.78 is 22.4. The first-order valence-corrected chi connectivity index (χ1v) is 6.96. The Hall–Kier alpha value is -1.08. The standard InChI is InChI=1S/C15H23BO5/c1-14(2)15(3,4)21-16(20-14)11-9-10(13(17)19-6)7-8-12(11)18-5/h7-9,13,17H,1-6H3. The molecule has 0 spiro atoms. The van der Waals surface area contributed by atoms with E-state index in [9.17, 15) is 5.11 Å². The summed E-state index contributed by atoms with van der Waals surface area (Å²) in [6.07, 6.45) is -0.989. The predicted molar refractivity (Wildman–Crippen MR) is 80.7 cm³/mol. The second-order valence-electron chi connectivity index (χ2n) is 6.18. The lowest BCUT2D eigenvalue weighted by molar-refractivity contribution is -0.0769. The van der Waals surface area contributed by atoms with Crippen LogP contribution < -0.4 is 10.2 Å². The first-order chi connectivity index (χ1) is 9.71. The highest BCUT2D eigenvalue weighted by Gasteiger charge is 2.52. The van der Waals surface area contributed by atoms with Crippen LogP contribution in [0.5, 0.6) is 5.75 Å². The minimum Gasteiger partial charge on any atom is -0.497 e. The number of aliphatic hydroxyl groups is 1. The third-order valence-corrected chi connectivity index (χ3v) is 4.27. The topological polar surface area (TPSA) is 57.2 Å². The second kappa shape index (κ2) is 5.61. The van der Waals surface area contributed by atoms with E-state index in [0.29, 0.717) is 11.3 Å². The van der Waals surface area contributed by atoms with Gasteiger partial charge in [-0.15, -0.1) is 0 Å². The molecular formula is C15H23BO5. The highest BCUT2D eigenvalue weighted by atomic mass is 16.7. The van der Waals surface area contributed by atoms with E-state index >= 15 is 0 Å². The summed E-state index contributed by atoms with van der Waals surface area (Å²) in [4.78, 5) is 0. The van der Waals surface area contributed by atoms with Crippen molar-refractivity contribution < 1.29 is 23.9 Å².